The number of fused-ring (bicyclic) bond motifs is 1. The molecule has 1 saturated heterocycles. The lowest BCUT2D eigenvalue weighted by Gasteiger charge is -2.34. The first-order valence-corrected chi connectivity index (χ1v) is 13.2. The van der Waals surface area contributed by atoms with E-state index in [1.807, 2.05) is 37.4 Å². The highest BCUT2D eigenvalue weighted by Gasteiger charge is 2.26. The van der Waals surface area contributed by atoms with Crippen molar-refractivity contribution in [2.24, 2.45) is 10.7 Å². The molecule has 5 rings (SSSR count). The Balaban J connectivity index is 1.47. The van der Waals surface area contributed by atoms with Crippen LogP contribution in [0.4, 0.5) is 17.3 Å². The molecule has 9 heteroatoms. The van der Waals surface area contributed by atoms with Gasteiger partial charge in [-0.2, -0.15) is 0 Å². The summed E-state index contributed by atoms with van der Waals surface area (Å²) >= 11 is 6.60. The number of nitrogens with two attached hydrogens (primary N) is 1. The van der Waals surface area contributed by atoms with E-state index in [2.05, 4.69) is 44.3 Å². The lowest BCUT2D eigenvalue weighted by atomic mass is 9.88. The first kappa shape index (κ1) is 26.0. The normalized spacial score (nSPS) is 16.4. The Morgan fingerprint density at radius 1 is 1.11 bits per heavy atom. The van der Waals surface area contributed by atoms with Gasteiger partial charge in [0.2, 0.25) is 5.95 Å². The van der Waals surface area contributed by atoms with E-state index < -0.39 is 0 Å². The number of rotatable bonds is 6. The van der Waals surface area contributed by atoms with Gasteiger partial charge in [0.05, 0.1) is 24.2 Å². The van der Waals surface area contributed by atoms with Gasteiger partial charge < -0.3 is 25.6 Å². The Labute approximate surface area is 229 Å². The van der Waals surface area contributed by atoms with Crippen LogP contribution in [0.5, 0.6) is 5.75 Å². The Morgan fingerprint density at radius 2 is 1.89 bits per heavy atom. The van der Waals surface area contributed by atoms with E-state index in [4.69, 9.17) is 27.1 Å². The van der Waals surface area contributed by atoms with Crippen molar-refractivity contribution in [3.63, 3.8) is 0 Å². The van der Waals surface area contributed by atoms with Crippen molar-refractivity contribution in [2.45, 2.75) is 19.8 Å². The second kappa shape index (κ2) is 11.0. The number of piperazine rings is 1. The van der Waals surface area contributed by atoms with Crippen LogP contribution in [0.3, 0.4) is 0 Å². The quantitative estimate of drug-likeness (QED) is 0.446. The molecule has 2 aromatic carbocycles. The number of aryl methyl sites for hydroxylation is 2. The number of ether oxygens (including phenoxy) is 1. The Kier molecular flexibility index (Phi) is 7.53. The number of anilines is 3. The number of methoxy groups -OCH3 is 1. The number of hydrogen-bond donors (Lipinski definition) is 2. The number of hydrogen-bond acceptors (Lipinski definition) is 8. The van der Waals surface area contributed by atoms with Crippen LogP contribution in [0.1, 0.15) is 28.8 Å². The van der Waals surface area contributed by atoms with Gasteiger partial charge in [-0.25, -0.2) is 9.97 Å². The molecule has 1 aromatic heterocycles. The highest BCUT2D eigenvalue weighted by atomic mass is 35.5. The van der Waals surface area contributed by atoms with E-state index in [1.165, 1.54) is 0 Å². The zero-order valence-electron chi connectivity index (χ0n) is 22.4. The molecule has 3 N–H and O–H groups in total. The van der Waals surface area contributed by atoms with Gasteiger partial charge in [0.25, 0.3) is 0 Å². The van der Waals surface area contributed by atoms with E-state index in [1.54, 1.807) is 14.2 Å². The summed E-state index contributed by atoms with van der Waals surface area (Å²) in [5, 5.41) is 3.99. The molecule has 0 saturated carbocycles. The minimum absolute atomic E-state index is 0.465. The van der Waals surface area contributed by atoms with Crippen molar-refractivity contribution < 1.29 is 4.74 Å². The second-order valence-corrected chi connectivity index (χ2v) is 10.2. The number of allylic oxidation sites excluding steroid dienone is 2. The smallest absolute Gasteiger partial charge is 0.227 e. The van der Waals surface area contributed by atoms with Gasteiger partial charge in [-0.15, -0.1) is 0 Å². The number of nitrogens with one attached hydrogen (secondary N) is 1. The first-order chi connectivity index (χ1) is 18.4. The maximum absolute atomic E-state index is 6.60. The third-order valence-electron chi connectivity index (χ3n) is 7.22. The number of halogens is 1. The predicted molar refractivity (Wildman–Crippen MR) is 156 cm³/mol. The van der Waals surface area contributed by atoms with Crippen LogP contribution in [-0.4, -0.2) is 68.0 Å². The maximum Gasteiger partial charge on any atom is 0.227 e. The molecule has 0 radical (unpaired) electrons. The van der Waals surface area contributed by atoms with Gasteiger partial charge in [-0.05, 0) is 56.6 Å². The topological polar surface area (TPSA) is 91.9 Å². The summed E-state index contributed by atoms with van der Waals surface area (Å²) in [6, 6.07) is 12.1. The molecule has 0 amide bonds. The molecule has 38 heavy (non-hydrogen) atoms. The van der Waals surface area contributed by atoms with Crippen LogP contribution < -0.4 is 20.7 Å². The van der Waals surface area contributed by atoms with E-state index in [9.17, 15) is 0 Å². The minimum atomic E-state index is 0.465. The third-order valence-corrected chi connectivity index (χ3v) is 7.55. The average molecular weight is 532 g/mol. The highest BCUT2D eigenvalue weighted by molar-refractivity contribution is 6.40. The van der Waals surface area contributed by atoms with Gasteiger partial charge in [0.15, 0.2) is 0 Å². The number of benzene rings is 2. The first-order valence-electron chi connectivity index (χ1n) is 12.8. The summed E-state index contributed by atoms with van der Waals surface area (Å²) in [5.74, 6) is 1.20. The third kappa shape index (κ3) is 5.19. The van der Waals surface area contributed by atoms with Gasteiger partial charge in [-0.3, -0.25) is 4.99 Å². The molecule has 2 heterocycles. The molecule has 0 atom stereocenters. The van der Waals surface area contributed by atoms with Crippen LogP contribution in [0, 0.1) is 6.92 Å². The van der Waals surface area contributed by atoms with Crippen molar-refractivity contribution in [1.82, 2.24) is 14.9 Å². The van der Waals surface area contributed by atoms with Gasteiger partial charge in [0.1, 0.15) is 5.75 Å². The van der Waals surface area contributed by atoms with Crippen LogP contribution >= 0.6 is 11.6 Å². The summed E-state index contributed by atoms with van der Waals surface area (Å²) in [5.41, 5.74) is 14.6. The molecule has 3 aromatic rings. The van der Waals surface area contributed by atoms with E-state index in [-0.39, 0.29) is 0 Å². The zero-order valence-corrected chi connectivity index (χ0v) is 23.1. The predicted octanol–water partition coefficient (Wildman–Crippen LogP) is 4.68. The second-order valence-electron chi connectivity index (χ2n) is 9.82. The fraction of sp³-hybridized carbons (Fsp3) is 0.345. The molecule has 1 aliphatic carbocycles. The Morgan fingerprint density at radius 3 is 2.63 bits per heavy atom. The summed E-state index contributed by atoms with van der Waals surface area (Å²) in [6.07, 6.45) is 3.35. The van der Waals surface area contributed by atoms with Gasteiger partial charge in [0, 0.05) is 73.0 Å². The molecule has 8 nitrogen and oxygen atoms in total. The van der Waals surface area contributed by atoms with Crippen molar-refractivity contribution in [1.29, 1.82) is 0 Å². The van der Waals surface area contributed by atoms with Crippen molar-refractivity contribution in [2.75, 3.05) is 57.6 Å². The molecule has 0 bridgehead atoms. The lowest BCUT2D eigenvalue weighted by Crippen LogP contribution is -2.44. The van der Waals surface area contributed by atoms with Crippen molar-refractivity contribution in [3.8, 4) is 5.75 Å². The Bertz CT molecular complexity index is 1410. The fourth-order valence-electron chi connectivity index (χ4n) is 5.03. The largest absolute Gasteiger partial charge is 0.494 e. The number of nitrogens with zero attached hydrogens (tertiary/aromatic N) is 5. The summed E-state index contributed by atoms with van der Waals surface area (Å²) < 4.78 is 5.74. The van der Waals surface area contributed by atoms with E-state index >= 15 is 0 Å². The molecule has 1 fully saturated rings. The summed E-state index contributed by atoms with van der Waals surface area (Å²) in [7, 11) is 5.59. The van der Waals surface area contributed by atoms with E-state index in [0.29, 0.717) is 17.4 Å². The molecule has 1 aliphatic heterocycles. The number of aromatic nitrogens is 2. The van der Waals surface area contributed by atoms with E-state index in [0.717, 1.165) is 89.1 Å². The SMILES string of the molecule is CN=C(C1=C(N)CCc2cnc(Nc3ccc(N4CCN(C)CC4)cc3OC)nc21)c1cc(C)ccc1Cl. The average Bonchev–Trinajstić information content (AvgIpc) is 2.92. The van der Waals surface area contributed by atoms with Crippen molar-refractivity contribution in [3.05, 3.63) is 75.7 Å². The molecular formula is C29H34ClN7O. The summed E-state index contributed by atoms with van der Waals surface area (Å²) in [4.78, 5) is 18.9. The van der Waals surface area contributed by atoms with Crippen LogP contribution in [0.15, 0.2) is 53.3 Å². The Hall–Kier alpha value is -3.62. The highest BCUT2D eigenvalue weighted by Crippen LogP contribution is 2.35. The van der Waals surface area contributed by atoms with Crippen LogP contribution in [0.25, 0.3) is 5.57 Å². The van der Waals surface area contributed by atoms with Crippen LogP contribution in [-0.2, 0) is 6.42 Å². The standard InChI is InChI=1S/C29H34ClN7O/c1-18-5-8-22(30)21(15-18)28(32-2)26-23(31)9-6-19-17-33-29(35-27(19)26)34-24-10-7-20(16-25(24)38-4)37-13-11-36(3)12-14-37/h5,7-8,10,15-17H,6,9,11-14,31H2,1-4H3,(H,33,34,35). The van der Waals surface area contributed by atoms with Gasteiger partial charge >= 0.3 is 0 Å². The monoisotopic (exact) mass is 531 g/mol. The molecule has 2 aliphatic rings. The molecule has 198 valence electrons. The molecule has 0 unspecified atom stereocenters. The van der Waals surface area contributed by atoms with Crippen molar-refractivity contribution >= 4 is 40.2 Å². The van der Waals surface area contributed by atoms with Crippen LogP contribution in [0.2, 0.25) is 5.02 Å². The number of aliphatic imine (C=N–C) groups is 1. The molecular weight excluding hydrogens is 498 g/mol. The zero-order chi connectivity index (χ0) is 26.8. The summed E-state index contributed by atoms with van der Waals surface area (Å²) in [6.45, 7) is 6.10. The van der Waals surface area contributed by atoms with Gasteiger partial charge in [-0.1, -0.05) is 23.2 Å². The maximum atomic E-state index is 6.60. The molecule has 0 spiro atoms. The lowest BCUT2D eigenvalue weighted by molar-refractivity contribution is 0.312. The minimum Gasteiger partial charge on any atom is -0.494 e. The number of likely N-dealkylation sites (N-methyl/N-ethyl adjacent to an activating group) is 1. The fourth-order valence-corrected chi connectivity index (χ4v) is 5.24.